The molecule has 1 amide bonds. The lowest BCUT2D eigenvalue weighted by Gasteiger charge is -2.12. The summed E-state index contributed by atoms with van der Waals surface area (Å²) in [7, 11) is 1.34. The van der Waals surface area contributed by atoms with E-state index in [4.69, 9.17) is 4.74 Å². The molecule has 0 aliphatic carbocycles. The van der Waals surface area contributed by atoms with Gasteiger partial charge in [-0.3, -0.25) is 14.9 Å². The maximum absolute atomic E-state index is 12.5. The van der Waals surface area contributed by atoms with Crippen molar-refractivity contribution in [2.45, 2.75) is 0 Å². The number of aromatic nitrogens is 2. The van der Waals surface area contributed by atoms with Crippen molar-refractivity contribution in [1.82, 2.24) is 9.55 Å². The second-order valence-electron chi connectivity index (χ2n) is 5.08. The fourth-order valence-electron chi connectivity index (χ4n) is 2.37. The number of rotatable bonds is 5. The largest absolute Gasteiger partial charge is 0.490 e. The molecule has 0 aliphatic heterocycles. The summed E-state index contributed by atoms with van der Waals surface area (Å²) in [6, 6.07) is 11.2. The Morgan fingerprint density at radius 1 is 1.28 bits per heavy atom. The molecule has 0 fully saturated rings. The molecular weight excluding hydrogens is 324 g/mol. The van der Waals surface area contributed by atoms with Crippen molar-refractivity contribution in [3.63, 3.8) is 0 Å². The molecule has 0 atom stereocenters. The van der Waals surface area contributed by atoms with Gasteiger partial charge in [-0.05, 0) is 24.3 Å². The lowest BCUT2D eigenvalue weighted by Crippen LogP contribution is -2.14. The molecule has 1 heterocycles. The number of nitro groups is 1. The van der Waals surface area contributed by atoms with Crippen LogP contribution in [0.2, 0.25) is 0 Å². The third-order valence-electron chi connectivity index (χ3n) is 3.57. The first kappa shape index (κ1) is 16.2. The molecule has 0 aliphatic rings. The van der Waals surface area contributed by atoms with Crippen LogP contribution in [0, 0.1) is 10.1 Å². The molecule has 3 rings (SSSR count). The van der Waals surface area contributed by atoms with E-state index in [0.717, 1.165) is 5.69 Å². The lowest BCUT2D eigenvalue weighted by molar-refractivity contribution is -0.385. The van der Waals surface area contributed by atoms with Gasteiger partial charge in [0.15, 0.2) is 5.75 Å². The van der Waals surface area contributed by atoms with Crippen LogP contribution in [0.15, 0.2) is 61.2 Å². The maximum Gasteiger partial charge on any atom is 0.311 e. The van der Waals surface area contributed by atoms with Crippen LogP contribution >= 0.6 is 0 Å². The van der Waals surface area contributed by atoms with Crippen LogP contribution in [-0.4, -0.2) is 27.5 Å². The number of hydrogen-bond donors (Lipinski definition) is 1. The van der Waals surface area contributed by atoms with Crippen LogP contribution in [0.4, 0.5) is 11.4 Å². The zero-order valence-electron chi connectivity index (χ0n) is 13.2. The molecule has 25 heavy (non-hydrogen) atoms. The quantitative estimate of drug-likeness (QED) is 0.569. The molecule has 0 bridgehead atoms. The number of nitrogens with one attached hydrogen (secondary N) is 1. The summed E-state index contributed by atoms with van der Waals surface area (Å²) in [5.41, 5.74) is 1.19. The van der Waals surface area contributed by atoms with Crippen molar-refractivity contribution >= 4 is 17.3 Å². The summed E-state index contributed by atoms with van der Waals surface area (Å²) in [6.45, 7) is 0. The number of ether oxygens (including phenoxy) is 1. The SMILES string of the molecule is COc1ccc(C(=O)Nc2ccccc2-n2ccnc2)cc1[N+](=O)[O-]. The van der Waals surface area contributed by atoms with Crippen LogP contribution in [0.3, 0.4) is 0 Å². The molecule has 1 aromatic heterocycles. The first-order valence-electron chi connectivity index (χ1n) is 7.31. The van der Waals surface area contributed by atoms with Gasteiger partial charge in [-0.1, -0.05) is 12.1 Å². The number of carbonyl (C=O) groups excluding carboxylic acids is 1. The number of methoxy groups -OCH3 is 1. The molecule has 0 spiro atoms. The summed E-state index contributed by atoms with van der Waals surface area (Å²) >= 11 is 0. The van der Waals surface area contributed by atoms with Gasteiger partial charge >= 0.3 is 5.69 Å². The monoisotopic (exact) mass is 338 g/mol. The number of hydrogen-bond acceptors (Lipinski definition) is 5. The van der Waals surface area contributed by atoms with Gasteiger partial charge in [0.2, 0.25) is 0 Å². The fraction of sp³-hybridized carbons (Fsp3) is 0.0588. The Bertz CT molecular complexity index is 922. The van der Waals surface area contributed by atoms with Crippen LogP contribution in [0.1, 0.15) is 10.4 Å². The number of amides is 1. The summed E-state index contributed by atoms with van der Waals surface area (Å²) in [6.07, 6.45) is 5.00. The Morgan fingerprint density at radius 3 is 2.76 bits per heavy atom. The third kappa shape index (κ3) is 3.32. The van der Waals surface area contributed by atoms with Crippen molar-refractivity contribution in [3.05, 3.63) is 76.9 Å². The molecule has 0 saturated heterocycles. The normalized spacial score (nSPS) is 10.3. The summed E-state index contributed by atoms with van der Waals surface area (Å²) in [5, 5.41) is 13.9. The molecule has 0 unspecified atom stereocenters. The molecule has 0 saturated carbocycles. The number of nitro benzene ring substituents is 1. The van der Waals surface area contributed by atoms with E-state index in [1.807, 2.05) is 12.1 Å². The van der Waals surface area contributed by atoms with Gasteiger partial charge in [0.1, 0.15) is 0 Å². The van der Waals surface area contributed by atoms with Gasteiger partial charge in [0.25, 0.3) is 5.91 Å². The number of imidazole rings is 1. The van der Waals surface area contributed by atoms with Gasteiger partial charge in [-0.15, -0.1) is 0 Å². The lowest BCUT2D eigenvalue weighted by atomic mass is 10.1. The number of para-hydroxylation sites is 2. The molecule has 2 aromatic carbocycles. The predicted molar refractivity (Wildman–Crippen MR) is 91.2 cm³/mol. The van der Waals surface area contributed by atoms with E-state index in [9.17, 15) is 14.9 Å². The highest BCUT2D eigenvalue weighted by molar-refractivity contribution is 6.05. The Kier molecular flexibility index (Phi) is 4.42. The minimum absolute atomic E-state index is 0.0976. The highest BCUT2D eigenvalue weighted by Gasteiger charge is 2.18. The van der Waals surface area contributed by atoms with E-state index < -0.39 is 10.8 Å². The van der Waals surface area contributed by atoms with Gasteiger partial charge in [-0.2, -0.15) is 0 Å². The van der Waals surface area contributed by atoms with E-state index in [2.05, 4.69) is 10.3 Å². The minimum atomic E-state index is -0.588. The summed E-state index contributed by atoms with van der Waals surface area (Å²) < 4.78 is 6.70. The van der Waals surface area contributed by atoms with Crippen molar-refractivity contribution in [2.24, 2.45) is 0 Å². The topological polar surface area (TPSA) is 99.3 Å². The second kappa shape index (κ2) is 6.83. The third-order valence-corrected chi connectivity index (χ3v) is 3.57. The van der Waals surface area contributed by atoms with Crippen molar-refractivity contribution in [1.29, 1.82) is 0 Å². The Labute approximate surface area is 142 Å². The van der Waals surface area contributed by atoms with E-state index in [0.29, 0.717) is 5.69 Å². The number of nitrogens with zero attached hydrogens (tertiary/aromatic N) is 3. The predicted octanol–water partition coefficient (Wildman–Crippen LogP) is 3.04. The highest BCUT2D eigenvalue weighted by Crippen LogP contribution is 2.28. The van der Waals surface area contributed by atoms with E-state index >= 15 is 0 Å². The highest BCUT2D eigenvalue weighted by atomic mass is 16.6. The van der Waals surface area contributed by atoms with Crippen LogP contribution in [0.5, 0.6) is 5.75 Å². The summed E-state index contributed by atoms with van der Waals surface area (Å²) in [4.78, 5) is 27.0. The number of benzene rings is 2. The molecule has 126 valence electrons. The van der Waals surface area contributed by atoms with Crippen LogP contribution in [-0.2, 0) is 0 Å². The first-order valence-corrected chi connectivity index (χ1v) is 7.31. The molecule has 3 aromatic rings. The van der Waals surface area contributed by atoms with Gasteiger partial charge in [0.05, 0.1) is 29.7 Å². The first-order chi connectivity index (χ1) is 12.1. The van der Waals surface area contributed by atoms with Crippen LogP contribution in [0.25, 0.3) is 5.69 Å². The Hall–Kier alpha value is -3.68. The Balaban J connectivity index is 1.91. The van der Waals surface area contributed by atoms with Gasteiger partial charge in [-0.25, -0.2) is 4.98 Å². The van der Waals surface area contributed by atoms with E-state index in [1.165, 1.54) is 25.3 Å². The minimum Gasteiger partial charge on any atom is -0.490 e. The summed E-state index contributed by atoms with van der Waals surface area (Å²) in [5.74, 6) is -0.362. The van der Waals surface area contributed by atoms with Crippen molar-refractivity contribution < 1.29 is 14.5 Å². The van der Waals surface area contributed by atoms with Crippen molar-refractivity contribution in [2.75, 3.05) is 12.4 Å². The molecule has 8 nitrogen and oxygen atoms in total. The van der Waals surface area contributed by atoms with Crippen molar-refractivity contribution in [3.8, 4) is 11.4 Å². The standard InChI is InChI=1S/C17H14N4O4/c1-25-16-7-6-12(10-15(16)21(23)24)17(22)19-13-4-2-3-5-14(13)20-9-8-18-11-20/h2-11H,1H3,(H,19,22). The van der Waals surface area contributed by atoms with Gasteiger partial charge < -0.3 is 14.6 Å². The Morgan fingerprint density at radius 2 is 2.08 bits per heavy atom. The van der Waals surface area contributed by atoms with Crippen LogP contribution < -0.4 is 10.1 Å². The molecule has 0 radical (unpaired) electrons. The number of carbonyl (C=O) groups is 1. The zero-order chi connectivity index (χ0) is 17.8. The average Bonchev–Trinajstić information content (AvgIpc) is 3.16. The number of anilines is 1. The molecule has 1 N–H and O–H groups in total. The molecular formula is C17H14N4O4. The second-order valence-corrected chi connectivity index (χ2v) is 5.08. The van der Waals surface area contributed by atoms with Gasteiger partial charge in [0, 0.05) is 24.0 Å². The van der Waals surface area contributed by atoms with E-state index in [1.54, 1.807) is 35.4 Å². The average molecular weight is 338 g/mol. The molecule has 8 heteroatoms. The van der Waals surface area contributed by atoms with E-state index in [-0.39, 0.29) is 17.0 Å². The smallest absolute Gasteiger partial charge is 0.311 e. The fourth-order valence-corrected chi connectivity index (χ4v) is 2.37. The zero-order valence-corrected chi connectivity index (χ0v) is 13.2. The maximum atomic E-state index is 12.5.